The molecule has 0 saturated heterocycles. The van der Waals surface area contributed by atoms with Gasteiger partial charge >= 0.3 is 0 Å². The predicted octanol–water partition coefficient (Wildman–Crippen LogP) is 4.75. The van der Waals surface area contributed by atoms with E-state index in [1.807, 2.05) is 36.4 Å². The first-order valence-corrected chi connectivity index (χ1v) is 6.89. The fourth-order valence-electron chi connectivity index (χ4n) is 1.99. The second-order valence-electron chi connectivity index (χ2n) is 4.25. The Hall–Kier alpha value is -1.58. The van der Waals surface area contributed by atoms with Gasteiger partial charge in [-0.1, -0.05) is 39.7 Å². The molecule has 94 valence electrons. The Morgan fingerprint density at radius 2 is 1.84 bits per heavy atom. The van der Waals surface area contributed by atoms with Crippen molar-refractivity contribution in [3.05, 3.63) is 68.8 Å². The van der Waals surface area contributed by atoms with Crippen LogP contribution >= 0.6 is 27.5 Å². The van der Waals surface area contributed by atoms with Crippen LogP contribution in [0, 0.1) is 0 Å². The number of hydrogen-bond donors (Lipinski definition) is 1. The van der Waals surface area contributed by atoms with Crippen LogP contribution in [0.25, 0.3) is 6.08 Å². The Kier molecular flexibility index (Phi) is 3.17. The van der Waals surface area contributed by atoms with E-state index in [4.69, 9.17) is 11.6 Å². The van der Waals surface area contributed by atoms with Gasteiger partial charge in [0.15, 0.2) is 0 Å². The number of benzene rings is 2. The molecule has 0 saturated carbocycles. The summed E-state index contributed by atoms with van der Waals surface area (Å²) in [5.74, 6) is 0.00579. The van der Waals surface area contributed by atoms with Gasteiger partial charge in [-0.05, 0) is 42.0 Å². The molecule has 0 fully saturated rings. The third-order valence-corrected chi connectivity index (χ3v) is 3.67. The van der Waals surface area contributed by atoms with Crippen LogP contribution in [0.1, 0.15) is 15.9 Å². The maximum Gasteiger partial charge on any atom is 0.211 e. The molecule has 0 spiro atoms. The second-order valence-corrected chi connectivity index (χ2v) is 5.61. The number of nitrogens with one attached hydrogen (secondary N) is 1. The molecule has 0 amide bonds. The summed E-state index contributed by atoms with van der Waals surface area (Å²) in [7, 11) is 0. The van der Waals surface area contributed by atoms with Crippen molar-refractivity contribution in [3.8, 4) is 0 Å². The van der Waals surface area contributed by atoms with Gasteiger partial charge in [-0.15, -0.1) is 0 Å². The van der Waals surface area contributed by atoms with E-state index in [2.05, 4.69) is 21.2 Å². The van der Waals surface area contributed by atoms with Crippen LogP contribution in [-0.4, -0.2) is 5.78 Å². The van der Waals surface area contributed by atoms with Crippen molar-refractivity contribution in [1.82, 2.24) is 0 Å². The van der Waals surface area contributed by atoms with Crippen molar-refractivity contribution in [1.29, 1.82) is 0 Å². The van der Waals surface area contributed by atoms with Crippen LogP contribution in [0.5, 0.6) is 0 Å². The molecular weight excluding hydrogens is 326 g/mol. The average Bonchev–Trinajstić information content (AvgIpc) is 2.70. The number of carbonyl (C=O) groups excluding carboxylic acids is 1. The summed E-state index contributed by atoms with van der Waals surface area (Å²) < 4.78 is 0.897. The number of hydrogen-bond acceptors (Lipinski definition) is 2. The lowest BCUT2D eigenvalue weighted by atomic mass is 10.1. The van der Waals surface area contributed by atoms with Crippen molar-refractivity contribution in [3.63, 3.8) is 0 Å². The maximum atomic E-state index is 12.2. The standard InChI is InChI=1S/C15H9BrClNO/c16-10-3-6-13-12(8-10)15(19)14(18-13)7-9-1-4-11(17)5-2-9/h1-8,18H/b14-7-. The molecule has 1 aliphatic rings. The molecule has 4 heteroatoms. The van der Waals surface area contributed by atoms with E-state index in [1.165, 1.54) is 0 Å². The minimum absolute atomic E-state index is 0.00579. The summed E-state index contributed by atoms with van der Waals surface area (Å²) >= 11 is 9.21. The summed E-state index contributed by atoms with van der Waals surface area (Å²) in [5, 5.41) is 3.81. The first-order chi connectivity index (χ1) is 9.13. The molecule has 1 N–H and O–H groups in total. The molecule has 1 aliphatic heterocycles. The summed E-state index contributed by atoms with van der Waals surface area (Å²) in [5.41, 5.74) is 3.05. The van der Waals surface area contributed by atoms with Crippen LogP contribution in [0.4, 0.5) is 5.69 Å². The van der Waals surface area contributed by atoms with Crippen LogP contribution < -0.4 is 5.32 Å². The molecule has 2 aromatic rings. The minimum Gasteiger partial charge on any atom is -0.352 e. The van der Waals surface area contributed by atoms with Gasteiger partial charge in [0.1, 0.15) is 0 Å². The number of fused-ring (bicyclic) bond motifs is 1. The Morgan fingerprint density at radius 1 is 1.11 bits per heavy atom. The van der Waals surface area contributed by atoms with Crippen LogP contribution in [0.15, 0.2) is 52.6 Å². The molecule has 0 aromatic heterocycles. The molecule has 0 bridgehead atoms. The summed E-state index contributed by atoms with van der Waals surface area (Å²) in [6, 6.07) is 13.0. The van der Waals surface area contributed by atoms with Crippen LogP contribution in [-0.2, 0) is 0 Å². The Labute approximate surface area is 124 Å². The lowest BCUT2D eigenvalue weighted by Gasteiger charge is -1.99. The molecule has 0 atom stereocenters. The molecule has 2 nitrogen and oxygen atoms in total. The van der Waals surface area contributed by atoms with Gasteiger partial charge in [0.05, 0.1) is 5.70 Å². The smallest absolute Gasteiger partial charge is 0.211 e. The van der Waals surface area contributed by atoms with E-state index in [9.17, 15) is 4.79 Å². The number of Topliss-reactive ketones (excluding diaryl/α,β-unsaturated/α-hetero) is 1. The van der Waals surface area contributed by atoms with Gasteiger partial charge < -0.3 is 5.32 Å². The van der Waals surface area contributed by atoms with Gasteiger partial charge in [0, 0.05) is 20.7 Å². The van der Waals surface area contributed by atoms with E-state index >= 15 is 0 Å². The monoisotopic (exact) mass is 333 g/mol. The zero-order valence-electron chi connectivity index (χ0n) is 9.78. The first kappa shape index (κ1) is 12.5. The van der Waals surface area contributed by atoms with Crippen molar-refractivity contribution in [2.24, 2.45) is 0 Å². The van der Waals surface area contributed by atoms with E-state index in [0.717, 1.165) is 15.7 Å². The molecular formula is C15H9BrClNO. The quantitative estimate of drug-likeness (QED) is 0.762. The highest BCUT2D eigenvalue weighted by Crippen LogP contribution is 2.31. The highest BCUT2D eigenvalue weighted by molar-refractivity contribution is 9.10. The van der Waals surface area contributed by atoms with E-state index in [-0.39, 0.29) is 5.78 Å². The fourth-order valence-corrected chi connectivity index (χ4v) is 2.47. The van der Waals surface area contributed by atoms with E-state index in [1.54, 1.807) is 12.1 Å². The summed E-state index contributed by atoms with van der Waals surface area (Å²) in [6.07, 6.45) is 1.83. The highest BCUT2D eigenvalue weighted by Gasteiger charge is 2.24. The molecule has 0 unspecified atom stereocenters. The Morgan fingerprint density at radius 3 is 2.58 bits per heavy atom. The summed E-state index contributed by atoms with van der Waals surface area (Å²) in [4.78, 5) is 12.2. The molecule has 0 aliphatic carbocycles. The number of allylic oxidation sites excluding steroid dienone is 1. The number of halogens is 2. The van der Waals surface area contributed by atoms with E-state index in [0.29, 0.717) is 16.3 Å². The van der Waals surface area contributed by atoms with Gasteiger partial charge in [0.2, 0.25) is 5.78 Å². The molecule has 1 heterocycles. The Balaban J connectivity index is 1.97. The largest absolute Gasteiger partial charge is 0.352 e. The maximum absolute atomic E-state index is 12.2. The molecule has 0 radical (unpaired) electrons. The van der Waals surface area contributed by atoms with Crippen LogP contribution in [0.3, 0.4) is 0 Å². The summed E-state index contributed by atoms with van der Waals surface area (Å²) in [6.45, 7) is 0. The average molecular weight is 335 g/mol. The zero-order valence-corrected chi connectivity index (χ0v) is 12.1. The number of ketones is 1. The normalized spacial score (nSPS) is 15.5. The van der Waals surface area contributed by atoms with Gasteiger partial charge in [-0.2, -0.15) is 0 Å². The lowest BCUT2D eigenvalue weighted by Crippen LogP contribution is -1.99. The minimum atomic E-state index is 0.00579. The van der Waals surface area contributed by atoms with Crippen molar-refractivity contribution < 1.29 is 4.79 Å². The van der Waals surface area contributed by atoms with Gasteiger partial charge in [-0.3, -0.25) is 4.79 Å². The Bertz CT molecular complexity index is 692. The number of carbonyl (C=O) groups is 1. The third kappa shape index (κ3) is 2.44. The third-order valence-electron chi connectivity index (χ3n) is 2.92. The van der Waals surface area contributed by atoms with Crippen molar-refractivity contribution in [2.45, 2.75) is 0 Å². The van der Waals surface area contributed by atoms with Gasteiger partial charge in [-0.25, -0.2) is 0 Å². The lowest BCUT2D eigenvalue weighted by molar-refractivity contribution is 0.104. The van der Waals surface area contributed by atoms with Crippen LogP contribution in [0.2, 0.25) is 5.02 Å². The highest BCUT2D eigenvalue weighted by atomic mass is 79.9. The second kappa shape index (κ2) is 4.83. The van der Waals surface area contributed by atoms with Crippen molar-refractivity contribution in [2.75, 3.05) is 5.32 Å². The van der Waals surface area contributed by atoms with Crippen molar-refractivity contribution >= 4 is 45.1 Å². The predicted molar refractivity (Wildman–Crippen MR) is 81.5 cm³/mol. The number of anilines is 1. The molecule has 19 heavy (non-hydrogen) atoms. The molecule has 2 aromatic carbocycles. The zero-order chi connectivity index (χ0) is 13.4. The first-order valence-electron chi connectivity index (χ1n) is 5.72. The van der Waals surface area contributed by atoms with E-state index < -0.39 is 0 Å². The number of rotatable bonds is 1. The molecule has 3 rings (SSSR count). The SMILES string of the molecule is O=C1/C(=C/c2ccc(Cl)cc2)Nc2ccc(Br)cc21. The fraction of sp³-hybridized carbons (Fsp3) is 0. The topological polar surface area (TPSA) is 29.1 Å². The van der Waals surface area contributed by atoms with Gasteiger partial charge in [0.25, 0.3) is 0 Å².